The molecule has 0 aliphatic heterocycles. The van der Waals surface area contributed by atoms with E-state index >= 15 is 0 Å². The monoisotopic (exact) mass is 335 g/mol. The van der Waals surface area contributed by atoms with Crippen molar-refractivity contribution in [2.75, 3.05) is 6.61 Å². The maximum atomic E-state index is 11.2. The number of para-hydroxylation sites is 1. The molecule has 0 saturated carbocycles. The highest BCUT2D eigenvalue weighted by atomic mass is 79.9. The van der Waals surface area contributed by atoms with E-state index in [-0.39, 0.29) is 6.61 Å². The molecule has 1 amide bonds. The minimum atomic E-state index is -0.774. The number of halogens is 1. The molecule has 104 valence electrons. The number of benzene rings is 2. The lowest BCUT2D eigenvalue weighted by atomic mass is 10.1. The molecule has 0 spiro atoms. The van der Waals surface area contributed by atoms with E-state index in [4.69, 9.17) is 10.5 Å². The Bertz CT molecular complexity index is 598. The van der Waals surface area contributed by atoms with Crippen LogP contribution in [0.3, 0.4) is 0 Å². The fourth-order valence-corrected chi connectivity index (χ4v) is 2.01. The first-order chi connectivity index (χ1) is 9.58. The summed E-state index contributed by atoms with van der Waals surface area (Å²) in [5.74, 6) is -0.185. The van der Waals surface area contributed by atoms with Gasteiger partial charge in [-0.25, -0.2) is 0 Å². The lowest BCUT2D eigenvalue weighted by Gasteiger charge is -2.14. The molecule has 20 heavy (non-hydrogen) atoms. The minimum absolute atomic E-state index is 0.0475. The van der Waals surface area contributed by atoms with Gasteiger partial charge in [0.05, 0.1) is 5.56 Å². The van der Waals surface area contributed by atoms with E-state index in [0.717, 1.165) is 10.0 Å². The van der Waals surface area contributed by atoms with Crippen molar-refractivity contribution in [3.05, 3.63) is 64.1 Å². The first kappa shape index (κ1) is 14.6. The molecule has 0 aliphatic rings. The average Bonchev–Trinajstić information content (AvgIpc) is 2.45. The second-order valence-electron chi connectivity index (χ2n) is 4.24. The van der Waals surface area contributed by atoms with Crippen LogP contribution in [0.1, 0.15) is 22.0 Å². The Morgan fingerprint density at radius 2 is 1.85 bits per heavy atom. The zero-order valence-corrected chi connectivity index (χ0v) is 12.2. The third kappa shape index (κ3) is 3.59. The number of hydrogen-bond donors (Lipinski definition) is 2. The fourth-order valence-electron chi connectivity index (χ4n) is 1.75. The molecule has 4 nitrogen and oxygen atoms in total. The van der Waals surface area contributed by atoms with Crippen molar-refractivity contribution in [2.45, 2.75) is 6.10 Å². The highest BCUT2D eigenvalue weighted by Gasteiger charge is 2.12. The van der Waals surface area contributed by atoms with Gasteiger partial charge in [0.1, 0.15) is 18.5 Å². The van der Waals surface area contributed by atoms with Gasteiger partial charge in [0.15, 0.2) is 0 Å². The zero-order chi connectivity index (χ0) is 14.5. The predicted molar refractivity (Wildman–Crippen MR) is 79.6 cm³/mol. The number of carbonyl (C=O) groups is 1. The zero-order valence-electron chi connectivity index (χ0n) is 10.6. The first-order valence-electron chi connectivity index (χ1n) is 6.03. The molecule has 0 bridgehead atoms. The number of ether oxygens (including phenoxy) is 1. The van der Waals surface area contributed by atoms with Gasteiger partial charge in [0, 0.05) is 4.47 Å². The largest absolute Gasteiger partial charge is 0.490 e. The van der Waals surface area contributed by atoms with Crippen LogP contribution in [0.25, 0.3) is 0 Å². The van der Waals surface area contributed by atoms with Crippen LogP contribution in [0, 0.1) is 0 Å². The molecule has 2 aromatic carbocycles. The van der Waals surface area contributed by atoms with Crippen LogP contribution in [0.2, 0.25) is 0 Å². The normalized spacial score (nSPS) is 11.9. The summed E-state index contributed by atoms with van der Waals surface area (Å²) >= 11 is 3.33. The minimum Gasteiger partial charge on any atom is -0.490 e. The highest BCUT2D eigenvalue weighted by Crippen LogP contribution is 2.21. The number of rotatable bonds is 5. The molecule has 5 heteroatoms. The lowest BCUT2D eigenvalue weighted by molar-refractivity contribution is 0.0967. The summed E-state index contributed by atoms with van der Waals surface area (Å²) in [7, 11) is 0. The van der Waals surface area contributed by atoms with Gasteiger partial charge in [0.2, 0.25) is 0 Å². The van der Waals surface area contributed by atoms with Crippen molar-refractivity contribution < 1.29 is 14.6 Å². The van der Waals surface area contributed by atoms with Crippen LogP contribution in [0.15, 0.2) is 53.0 Å². The van der Waals surface area contributed by atoms with Crippen LogP contribution in [0.4, 0.5) is 0 Å². The summed E-state index contributed by atoms with van der Waals surface area (Å²) in [6, 6.07) is 14.0. The Kier molecular flexibility index (Phi) is 4.76. The quantitative estimate of drug-likeness (QED) is 0.882. The van der Waals surface area contributed by atoms with Crippen LogP contribution in [-0.4, -0.2) is 17.6 Å². The van der Waals surface area contributed by atoms with E-state index in [1.165, 1.54) is 0 Å². The summed E-state index contributed by atoms with van der Waals surface area (Å²) in [6.45, 7) is 0.0475. The van der Waals surface area contributed by atoms with Crippen LogP contribution in [0.5, 0.6) is 5.75 Å². The molecule has 0 radical (unpaired) electrons. The third-order valence-electron chi connectivity index (χ3n) is 2.80. The van der Waals surface area contributed by atoms with Gasteiger partial charge >= 0.3 is 0 Å². The molecule has 1 atom stereocenters. The van der Waals surface area contributed by atoms with E-state index in [2.05, 4.69) is 15.9 Å². The Labute approximate surface area is 125 Å². The molecule has 1 unspecified atom stereocenters. The summed E-state index contributed by atoms with van der Waals surface area (Å²) in [5, 5.41) is 10.0. The Hall–Kier alpha value is -1.85. The topological polar surface area (TPSA) is 72.6 Å². The Morgan fingerprint density at radius 1 is 1.20 bits per heavy atom. The molecule has 2 aromatic rings. The van der Waals surface area contributed by atoms with Crippen LogP contribution < -0.4 is 10.5 Å². The van der Waals surface area contributed by atoms with Crippen LogP contribution >= 0.6 is 15.9 Å². The van der Waals surface area contributed by atoms with E-state index in [9.17, 15) is 9.90 Å². The number of primary amides is 1. The maximum absolute atomic E-state index is 11.2. The fraction of sp³-hybridized carbons (Fsp3) is 0.133. The molecule has 0 saturated heterocycles. The number of aliphatic hydroxyl groups is 1. The predicted octanol–water partition coefficient (Wildman–Crippen LogP) is 2.66. The van der Waals surface area contributed by atoms with Crippen molar-refractivity contribution in [3.63, 3.8) is 0 Å². The van der Waals surface area contributed by atoms with Gasteiger partial charge in [-0.05, 0) is 29.8 Å². The van der Waals surface area contributed by atoms with Gasteiger partial charge in [-0.3, -0.25) is 4.79 Å². The Morgan fingerprint density at radius 3 is 2.50 bits per heavy atom. The maximum Gasteiger partial charge on any atom is 0.252 e. The van der Waals surface area contributed by atoms with E-state index < -0.39 is 12.0 Å². The summed E-state index contributed by atoms with van der Waals surface area (Å²) in [6.07, 6.45) is -0.774. The lowest BCUT2D eigenvalue weighted by Crippen LogP contribution is -2.15. The SMILES string of the molecule is NC(=O)c1ccccc1OCC(O)c1ccc(Br)cc1. The first-order valence-corrected chi connectivity index (χ1v) is 6.82. The molecule has 0 aromatic heterocycles. The van der Waals surface area contributed by atoms with Crippen molar-refractivity contribution in [1.29, 1.82) is 0 Å². The molecule has 2 rings (SSSR count). The molecule has 0 fully saturated rings. The average molecular weight is 336 g/mol. The second kappa shape index (κ2) is 6.54. The number of carbonyl (C=O) groups excluding carboxylic acids is 1. The molecule has 0 heterocycles. The van der Waals surface area contributed by atoms with Gasteiger partial charge in [-0.1, -0.05) is 40.2 Å². The number of hydrogen-bond acceptors (Lipinski definition) is 3. The number of aliphatic hydroxyl groups excluding tert-OH is 1. The molecule has 0 aliphatic carbocycles. The summed E-state index contributed by atoms with van der Waals surface area (Å²) < 4.78 is 6.42. The van der Waals surface area contributed by atoms with E-state index in [1.807, 2.05) is 12.1 Å². The Balaban J connectivity index is 2.05. The van der Waals surface area contributed by atoms with E-state index in [1.54, 1.807) is 36.4 Å². The number of amides is 1. The number of nitrogens with two attached hydrogens (primary N) is 1. The summed E-state index contributed by atoms with van der Waals surface area (Å²) in [5.41, 5.74) is 6.30. The second-order valence-corrected chi connectivity index (χ2v) is 5.15. The van der Waals surface area contributed by atoms with Crippen molar-refractivity contribution in [2.24, 2.45) is 5.73 Å². The van der Waals surface area contributed by atoms with Gasteiger partial charge in [-0.15, -0.1) is 0 Å². The van der Waals surface area contributed by atoms with Crippen molar-refractivity contribution in [3.8, 4) is 5.75 Å². The third-order valence-corrected chi connectivity index (χ3v) is 3.33. The highest BCUT2D eigenvalue weighted by molar-refractivity contribution is 9.10. The molecular weight excluding hydrogens is 322 g/mol. The summed E-state index contributed by atoms with van der Waals surface area (Å²) in [4.78, 5) is 11.2. The van der Waals surface area contributed by atoms with Gasteiger partial charge in [0.25, 0.3) is 5.91 Å². The van der Waals surface area contributed by atoms with Crippen LogP contribution in [-0.2, 0) is 0 Å². The molecular formula is C15H14BrNO3. The van der Waals surface area contributed by atoms with Crippen molar-refractivity contribution in [1.82, 2.24) is 0 Å². The smallest absolute Gasteiger partial charge is 0.252 e. The van der Waals surface area contributed by atoms with E-state index in [0.29, 0.717) is 11.3 Å². The van der Waals surface area contributed by atoms with Gasteiger partial charge < -0.3 is 15.6 Å². The molecule has 3 N–H and O–H groups in total. The van der Waals surface area contributed by atoms with Gasteiger partial charge in [-0.2, -0.15) is 0 Å². The standard InChI is InChI=1S/C15H14BrNO3/c16-11-7-5-10(6-8-11)13(18)9-20-14-4-2-1-3-12(14)15(17)19/h1-8,13,18H,9H2,(H2,17,19). The van der Waals surface area contributed by atoms with Crippen molar-refractivity contribution >= 4 is 21.8 Å².